The summed E-state index contributed by atoms with van der Waals surface area (Å²) >= 11 is 0. The van der Waals surface area contributed by atoms with Gasteiger partial charge in [0.25, 0.3) is 0 Å². The van der Waals surface area contributed by atoms with Crippen LogP contribution >= 0.6 is 21.6 Å². The molecule has 0 aliphatic carbocycles. The number of aromatic amines is 1. The molecule has 4 aromatic rings. The van der Waals surface area contributed by atoms with Gasteiger partial charge in [-0.05, 0) is 78.6 Å². The normalized spacial score (nSPS) is 20.6. The lowest BCUT2D eigenvalue weighted by Gasteiger charge is -2.29. The minimum Gasteiger partial charge on any atom is -0.508 e. The number of carbonyl (C=O) groups excluding carboxylic acids is 13. The van der Waals surface area contributed by atoms with Crippen LogP contribution in [0.15, 0.2) is 79.0 Å². The van der Waals surface area contributed by atoms with Crippen LogP contribution in [0, 0.1) is 11.3 Å². The van der Waals surface area contributed by atoms with Crippen molar-refractivity contribution in [3.63, 3.8) is 0 Å². The van der Waals surface area contributed by atoms with Crippen molar-refractivity contribution in [1.29, 1.82) is 5.41 Å². The maximum absolute atomic E-state index is 15.0. The zero-order chi connectivity index (χ0) is 76.6. The van der Waals surface area contributed by atoms with Gasteiger partial charge in [-0.2, -0.15) is 0 Å². The van der Waals surface area contributed by atoms with Crippen LogP contribution in [-0.2, 0) is 86.4 Å². The van der Waals surface area contributed by atoms with Gasteiger partial charge in [-0.3, -0.25) is 72.5 Å². The SMILES string of the molecule is CC(C)[C@@H]1NC(=O)[C@@H](NC(=O)[C@H](Cc2ccc(O)cc2)NC(=O)CN(CCO)C(=O)CCN)CSSC[C@@H](C(N)=O)NC(=O)[C@H](CCC(=O)O)NC(=O)[C@H](Cc2c[nH]c3ccccc23)NC(=O)[C@H](CCC(N)=O)NC(=O)CCNC(=O)[C@H](CCCNC(=N)N)NC(=O)[C@H](Cc2ccc(O)cc2)NC1=O. The summed E-state index contributed by atoms with van der Waals surface area (Å²) in [5.74, 6) is -16.3. The number of aliphatic carboxylic acids is 1. The molecule has 0 spiro atoms. The molecular formula is C66H92N18O18S2. The third kappa shape index (κ3) is 28.6. The van der Waals surface area contributed by atoms with E-state index in [0.29, 0.717) is 27.6 Å². The maximum atomic E-state index is 15.0. The molecule has 3 aromatic carbocycles. The first-order valence-electron chi connectivity index (χ1n) is 33.3. The minimum atomic E-state index is -1.76. The summed E-state index contributed by atoms with van der Waals surface area (Å²) in [7, 11) is 1.63. The van der Waals surface area contributed by atoms with Gasteiger partial charge >= 0.3 is 5.97 Å². The lowest BCUT2D eigenvalue weighted by Crippen LogP contribution is -2.61. The standard InChI is InChI=1S/C66H92N18O18S2/c1-35(2)56-65(102)80-47(29-37-11-15-40(87)16-12-37)62(99)77-43(8-5-24-73-66(70)71)58(95)72-25-22-52(89)75-44(17-19-51(68)88)59(96)79-48(30-38-31-74-42-7-4-3-6-41(38)42)63(100)78-45(18-20-55(92)93)60(97)81-49(57(69)94)33-103-104-34-50(64(101)83-56)82-61(98)46(28-36-9-13-39(86)14-10-36)76-53(90)32-84(26-27-85)54(91)21-23-67/h3-4,6-7,9-16,31,35,43-50,56,74,85-87H,5,8,17-30,32-34,67H2,1-2H3,(H2,68,88)(H2,69,94)(H,72,95)(H,75,89)(H,76,90)(H,77,99)(H,78,100)(H,79,96)(H,80,102)(H,81,97)(H,82,98)(H,83,101)(H,92,93)(H4,70,71,73)/t43-,44-,45-,46-,47-,48-,49-,50-,56-/m0/s1. The molecule has 0 bridgehead atoms. The minimum absolute atomic E-state index is 0.0305. The zero-order valence-corrected chi connectivity index (χ0v) is 58.9. The number of aliphatic hydroxyl groups excluding tert-OH is 1. The summed E-state index contributed by atoms with van der Waals surface area (Å²) in [5, 5.41) is 76.3. The van der Waals surface area contributed by atoms with Crippen LogP contribution in [0.2, 0.25) is 0 Å². The van der Waals surface area contributed by atoms with Crippen molar-refractivity contribution in [3.05, 3.63) is 95.7 Å². The second kappa shape index (κ2) is 42.6. The number of aromatic hydroxyl groups is 2. The highest BCUT2D eigenvalue weighted by atomic mass is 33.1. The average molecular weight is 1490 g/mol. The Bertz CT molecular complexity index is 3680. The third-order valence-corrected chi connectivity index (χ3v) is 18.6. The number of para-hydroxylation sites is 1. The third-order valence-electron chi connectivity index (χ3n) is 16.2. The number of hydrogen-bond acceptors (Lipinski definition) is 21. The molecule has 1 aliphatic rings. The Balaban J connectivity index is 1.61. The van der Waals surface area contributed by atoms with Crippen molar-refractivity contribution in [2.75, 3.05) is 50.8 Å². The van der Waals surface area contributed by atoms with Gasteiger partial charge in [-0.15, -0.1) is 0 Å². The van der Waals surface area contributed by atoms with E-state index in [9.17, 15) is 87.5 Å². The quantitative estimate of drug-likeness (QED) is 0.0116. The molecule has 36 nitrogen and oxygen atoms in total. The number of aliphatic hydroxyl groups is 1. The van der Waals surface area contributed by atoms with E-state index in [1.165, 1.54) is 62.4 Å². The highest BCUT2D eigenvalue weighted by Crippen LogP contribution is 2.25. The molecule has 1 saturated heterocycles. The van der Waals surface area contributed by atoms with Crippen molar-refractivity contribution in [3.8, 4) is 11.5 Å². The lowest BCUT2D eigenvalue weighted by molar-refractivity contribution is -0.138. The van der Waals surface area contributed by atoms with Crippen molar-refractivity contribution in [1.82, 2.24) is 68.4 Å². The molecule has 9 atom stereocenters. The monoisotopic (exact) mass is 1490 g/mol. The maximum Gasteiger partial charge on any atom is 0.303 e. The number of carboxylic acids is 1. The molecule has 1 aliphatic heterocycles. The van der Waals surface area contributed by atoms with Crippen LogP contribution in [0.3, 0.4) is 0 Å². The second-order valence-electron chi connectivity index (χ2n) is 24.7. The Kier molecular flexibility index (Phi) is 34.4. The summed E-state index contributed by atoms with van der Waals surface area (Å²) in [4.78, 5) is 199. The Labute approximate surface area is 605 Å². The van der Waals surface area contributed by atoms with Gasteiger partial charge in [0.15, 0.2) is 5.96 Å². The number of hydrogen-bond donors (Lipinski definition) is 21. The van der Waals surface area contributed by atoms with Crippen LogP contribution in [0.1, 0.15) is 81.9 Å². The molecule has 5 rings (SSSR count). The number of primary amides is 2. The van der Waals surface area contributed by atoms with E-state index < -0.39 is 212 Å². The molecule has 1 fully saturated rings. The first-order chi connectivity index (χ1) is 49.4. The number of aromatic nitrogens is 1. The number of guanidine groups is 1. The number of benzene rings is 3. The van der Waals surface area contributed by atoms with E-state index in [-0.39, 0.29) is 69.7 Å². The number of H-pyrrole nitrogens is 1. The summed E-state index contributed by atoms with van der Waals surface area (Å²) in [6.07, 6.45) is -2.38. The van der Waals surface area contributed by atoms with Crippen LogP contribution < -0.4 is 81.4 Å². The number of fused-ring (bicyclic) bond motifs is 1. The summed E-state index contributed by atoms with van der Waals surface area (Å²) in [5.41, 5.74) is 24.3. The molecule has 0 radical (unpaired) electrons. The van der Waals surface area contributed by atoms with Crippen LogP contribution in [0.4, 0.5) is 0 Å². The van der Waals surface area contributed by atoms with Crippen LogP contribution in [0.25, 0.3) is 10.9 Å². The Morgan fingerprint density at radius 2 is 1.24 bits per heavy atom. The largest absolute Gasteiger partial charge is 0.508 e. The molecule has 104 heavy (non-hydrogen) atoms. The zero-order valence-electron chi connectivity index (χ0n) is 57.3. The van der Waals surface area contributed by atoms with Gasteiger partial charge in [0.05, 0.1) is 13.2 Å². The van der Waals surface area contributed by atoms with E-state index >= 15 is 0 Å². The van der Waals surface area contributed by atoms with E-state index in [1.54, 1.807) is 30.5 Å². The highest BCUT2D eigenvalue weighted by Gasteiger charge is 2.37. The van der Waals surface area contributed by atoms with Gasteiger partial charge < -0.3 is 112 Å². The van der Waals surface area contributed by atoms with Crippen molar-refractivity contribution in [2.45, 2.75) is 139 Å². The number of nitrogens with zero attached hydrogens (tertiary/aromatic N) is 1. The summed E-state index contributed by atoms with van der Waals surface area (Å²) < 4.78 is 0. The summed E-state index contributed by atoms with van der Waals surface area (Å²) in [6, 6.07) is 3.48. The smallest absolute Gasteiger partial charge is 0.303 e. The second-order valence-corrected chi connectivity index (χ2v) is 27.2. The highest BCUT2D eigenvalue weighted by molar-refractivity contribution is 8.76. The lowest BCUT2D eigenvalue weighted by atomic mass is 10.00. The van der Waals surface area contributed by atoms with Gasteiger partial charge in [-0.25, -0.2) is 0 Å². The summed E-state index contributed by atoms with van der Waals surface area (Å²) in [6.45, 7) is 1.07. The number of carboxylic acid groups (broad SMARTS) is 1. The fourth-order valence-electron chi connectivity index (χ4n) is 10.6. The van der Waals surface area contributed by atoms with Gasteiger partial charge in [0, 0.05) is 99.7 Å². The van der Waals surface area contributed by atoms with E-state index in [2.05, 4.69) is 63.5 Å². The van der Waals surface area contributed by atoms with E-state index in [0.717, 1.165) is 26.5 Å². The molecule has 25 N–H and O–H groups in total. The average Bonchev–Trinajstić information content (AvgIpc) is 1.62. The van der Waals surface area contributed by atoms with Gasteiger partial charge in [0.1, 0.15) is 65.9 Å². The van der Waals surface area contributed by atoms with Crippen molar-refractivity contribution < 1.29 is 87.5 Å². The van der Waals surface area contributed by atoms with Crippen LogP contribution in [0.5, 0.6) is 11.5 Å². The number of amides is 13. The molecule has 1 aromatic heterocycles. The number of nitrogens with two attached hydrogens (primary N) is 4. The van der Waals surface area contributed by atoms with E-state index in [4.69, 9.17) is 28.3 Å². The molecule has 0 unspecified atom stereocenters. The van der Waals surface area contributed by atoms with E-state index in [1.807, 2.05) is 0 Å². The molecule has 2 heterocycles. The fourth-order valence-corrected chi connectivity index (χ4v) is 12.9. The van der Waals surface area contributed by atoms with Crippen LogP contribution in [-0.4, -0.2) is 224 Å². The van der Waals surface area contributed by atoms with Crippen molar-refractivity contribution >= 4 is 121 Å². The number of phenols is 2. The Morgan fingerprint density at radius 1 is 0.663 bits per heavy atom. The van der Waals surface area contributed by atoms with Crippen molar-refractivity contribution in [2.24, 2.45) is 28.9 Å². The number of carbonyl (C=O) groups is 14. The predicted molar refractivity (Wildman–Crippen MR) is 381 cm³/mol. The predicted octanol–water partition coefficient (Wildman–Crippen LogP) is -4.42. The van der Waals surface area contributed by atoms with Gasteiger partial charge in [-0.1, -0.05) is 77.9 Å². The molecule has 0 saturated carbocycles. The number of nitrogens with one attached hydrogen (secondary N) is 13. The molecule has 13 amide bonds. The first kappa shape index (κ1) is 83.9. The molecule has 38 heteroatoms. The Morgan fingerprint density at radius 3 is 1.86 bits per heavy atom. The molecule has 566 valence electrons. The topological polar surface area (TPSA) is 599 Å². The molecular weight excluding hydrogens is 1400 g/mol. The number of phenolic OH excluding ortho intramolecular Hbond substituents is 2. The first-order valence-corrected chi connectivity index (χ1v) is 35.7. The fraction of sp³-hybridized carbons (Fsp3) is 0.470. The van der Waals surface area contributed by atoms with Gasteiger partial charge in [0.2, 0.25) is 76.8 Å². The number of rotatable bonds is 27. The Hall–Kier alpha value is -10.7.